The van der Waals surface area contributed by atoms with Crippen LogP contribution in [0.1, 0.15) is 37.8 Å². The molecule has 0 unspecified atom stereocenters. The number of aromatic nitrogens is 1. The number of nitrogens with one attached hydrogen (secondary N) is 1. The van der Waals surface area contributed by atoms with Crippen LogP contribution >= 0.6 is 0 Å². The molecule has 0 atom stereocenters. The largest absolute Gasteiger partial charge is 0.273 e. The lowest BCUT2D eigenvalue weighted by Gasteiger charge is -2.21. The van der Waals surface area contributed by atoms with Gasteiger partial charge in [0.1, 0.15) is 0 Å². The maximum Gasteiger partial charge on any atom is 0.241 e. The predicted molar refractivity (Wildman–Crippen MR) is 77.6 cm³/mol. The lowest BCUT2D eigenvalue weighted by atomic mass is 9.89. The Morgan fingerprint density at radius 3 is 2.74 bits per heavy atom. The lowest BCUT2D eigenvalue weighted by Crippen LogP contribution is -2.31. The zero-order valence-electron chi connectivity index (χ0n) is 11.4. The van der Waals surface area contributed by atoms with Crippen molar-refractivity contribution in [3.8, 4) is 0 Å². The van der Waals surface area contributed by atoms with Crippen LogP contribution in [-0.2, 0) is 4.79 Å². The molecular formula is C16H20N2O. The maximum absolute atomic E-state index is 12.3. The Morgan fingerprint density at radius 1 is 1.21 bits per heavy atom. The van der Waals surface area contributed by atoms with Crippen molar-refractivity contribution in [3.05, 3.63) is 36.0 Å². The summed E-state index contributed by atoms with van der Waals surface area (Å²) in [4.78, 5) is 12.3. The van der Waals surface area contributed by atoms with Crippen LogP contribution in [0.4, 0.5) is 0 Å². The molecule has 1 fully saturated rings. The third-order valence-electron chi connectivity index (χ3n) is 4.09. The summed E-state index contributed by atoms with van der Waals surface area (Å²) in [6.45, 7) is 2.03. The molecule has 1 heterocycles. The molecule has 1 aromatic carbocycles. The summed E-state index contributed by atoms with van der Waals surface area (Å²) in [6.07, 6.45) is 5.70. The maximum atomic E-state index is 12.3. The highest BCUT2D eigenvalue weighted by atomic mass is 16.2. The number of aryl methyl sites for hydroxylation is 1. The van der Waals surface area contributed by atoms with Crippen LogP contribution in [0.25, 0.3) is 10.9 Å². The van der Waals surface area contributed by atoms with E-state index >= 15 is 0 Å². The van der Waals surface area contributed by atoms with Crippen LogP contribution in [0.15, 0.2) is 30.3 Å². The summed E-state index contributed by atoms with van der Waals surface area (Å²) in [6, 6.07) is 10.3. The van der Waals surface area contributed by atoms with Crippen molar-refractivity contribution in [2.45, 2.75) is 39.0 Å². The Labute approximate surface area is 113 Å². The van der Waals surface area contributed by atoms with Crippen molar-refractivity contribution in [2.24, 2.45) is 5.92 Å². The van der Waals surface area contributed by atoms with E-state index < -0.39 is 0 Å². The Hall–Kier alpha value is -1.77. The summed E-state index contributed by atoms with van der Waals surface area (Å²) < 4.78 is 1.92. The molecule has 3 nitrogen and oxygen atoms in total. The van der Waals surface area contributed by atoms with E-state index in [4.69, 9.17) is 0 Å². The molecule has 1 aromatic heterocycles. The monoisotopic (exact) mass is 256 g/mol. The molecule has 1 amide bonds. The summed E-state index contributed by atoms with van der Waals surface area (Å²) >= 11 is 0. The first-order chi connectivity index (χ1) is 9.25. The molecule has 1 saturated carbocycles. The molecule has 0 radical (unpaired) electrons. The van der Waals surface area contributed by atoms with E-state index in [2.05, 4.69) is 17.6 Å². The van der Waals surface area contributed by atoms with E-state index in [1.807, 2.05) is 29.8 Å². The first-order valence-corrected chi connectivity index (χ1v) is 7.13. The fourth-order valence-corrected chi connectivity index (χ4v) is 3.01. The predicted octanol–water partition coefficient (Wildman–Crippen LogP) is 3.60. The van der Waals surface area contributed by atoms with Gasteiger partial charge >= 0.3 is 0 Å². The highest BCUT2D eigenvalue weighted by molar-refractivity contribution is 5.89. The number of amides is 1. The number of para-hydroxylation sites is 1. The van der Waals surface area contributed by atoms with Crippen molar-refractivity contribution in [1.29, 1.82) is 0 Å². The van der Waals surface area contributed by atoms with Gasteiger partial charge in [-0.2, -0.15) is 0 Å². The van der Waals surface area contributed by atoms with Crippen LogP contribution in [0.5, 0.6) is 0 Å². The minimum atomic E-state index is 0.171. The van der Waals surface area contributed by atoms with Gasteiger partial charge in [0.15, 0.2) is 0 Å². The van der Waals surface area contributed by atoms with Gasteiger partial charge in [-0.1, -0.05) is 37.5 Å². The van der Waals surface area contributed by atoms with Crippen molar-refractivity contribution in [3.63, 3.8) is 0 Å². The summed E-state index contributed by atoms with van der Waals surface area (Å²) in [5.41, 5.74) is 5.23. The molecule has 0 aliphatic heterocycles. The topological polar surface area (TPSA) is 34.0 Å². The zero-order chi connectivity index (χ0) is 13.2. The van der Waals surface area contributed by atoms with Gasteiger partial charge < -0.3 is 0 Å². The normalized spacial score (nSPS) is 16.7. The number of carbonyl (C=O) groups is 1. The van der Waals surface area contributed by atoms with Gasteiger partial charge in [0, 0.05) is 17.0 Å². The highest BCUT2D eigenvalue weighted by Gasteiger charge is 2.21. The van der Waals surface area contributed by atoms with Crippen molar-refractivity contribution in [2.75, 3.05) is 5.43 Å². The molecule has 3 heteroatoms. The van der Waals surface area contributed by atoms with E-state index in [9.17, 15) is 4.79 Å². The number of fused-ring (bicyclic) bond motifs is 1. The summed E-state index contributed by atoms with van der Waals surface area (Å²) in [7, 11) is 0. The number of hydrogen-bond donors (Lipinski definition) is 1. The van der Waals surface area contributed by atoms with Gasteiger partial charge in [0.25, 0.3) is 0 Å². The Kier molecular flexibility index (Phi) is 3.28. The molecule has 1 aliphatic carbocycles. The van der Waals surface area contributed by atoms with Crippen LogP contribution in [0.2, 0.25) is 0 Å². The molecule has 2 aromatic rings. The number of nitrogens with zero attached hydrogens (tertiary/aromatic N) is 1. The second kappa shape index (κ2) is 5.08. The van der Waals surface area contributed by atoms with E-state index in [0.29, 0.717) is 0 Å². The van der Waals surface area contributed by atoms with Crippen molar-refractivity contribution >= 4 is 16.8 Å². The van der Waals surface area contributed by atoms with E-state index in [-0.39, 0.29) is 11.8 Å². The van der Waals surface area contributed by atoms with Crippen LogP contribution in [0, 0.1) is 12.8 Å². The third-order valence-corrected chi connectivity index (χ3v) is 4.09. The number of rotatable bonds is 2. The molecule has 1 N–H and O–H groups in total. The highest BCUT2D eigenvalue weighted by Crippen LogP contribution is 2.24. The van der Waals surface area contributed by atoms with E-state index in [1.165, 1.54) is 24.6 Å². The Morgan fingerprint density at radius 2 is 1.95 bits per heavy atom. The van der Waals surface area contributed by atoms with Crippen LogP contribution in [-0.4, -0.2) is 10.6 Å². The van der Waals surface area contributed by atoms with Gasteiger partial charge in [-0.15, -0.1) is 0 Å². The van der Waals surface area contributed by atoms with Gasteiger partial charge in [-0.3, -0.25) is 14.9 Å². The van der Waals surface area contributed by atoms with Gasteiger partial charge in [0.2, 0.25) is 5.91 Å². The summed E-state index contributed by atoms with van der Waals surface area (Å²) in [5.74, 6) is 0.360. The molecule has 0 bridgehead atoms. The smallest absolute Gasteiger partial charge is 0.241 e. The van der Waals surface area contributed by atoms with Crippen molar-refractivity contribution < 1.29 is 4.79 Å². The van der Waals surface area contributed by atoms with Crippen LogP contribution in [0.3, 0.4) is 0 Å². The molecular weight excluding hydrogens is 236 g/mol. The molecule has 3 rings (SSSR count). The second-order valence-electron chi connectivity index (χ2n) is 5.49. The first kappa shape index (κ1) is 12.3. The lowest BCUT2D eigenvalue weighted by molar-refractivity contribution is -0.121. The van der Waals surface area contributed by atoms with Crippen LogP contribution < -0.4 is 5.43 Å². The Bertz CT molecular complexity index is 594. The third kappa shape index (κ3) is 2.37. The standard InChI is InChI=1S/C16H20N2O/c1-12-11-14-9-5-6-10-15(14)18(12)17-16(19)13-7-3-2-4-8-13/h5-6,9-11,13H,2-4,7-8H2,1H3,(H,17,19). The minimum Gasteiger partial charge on any atom is -0.273 e. The molecule has 100 valence electrons. The zero-order valence-corrected chi connectivity index (χ0v) is 11.4. The molecule has 1 aliphatic rings. The van der Waals surface area contributed by atoms with Gasteiger partial charge in [0.05, 0.1) is 5.52 Å². The fraction of sp³-hybridized carbons (Fsp3) is 0.438. The second-order valence-corrected chi connectivity index (χ2v) is 5.49. The summed E-state index contributed by atoms with van der Waals surface area (Å²) in [5, 5.41) is 1.17. The number of benzene rings is 1. The quantitative estimate of drug-likeness (QED) is 0.875. The van der Waals surface area contributed by atoms with E-state index in [0.717, 1.165) is 24.1 Å². The first-order valence-electron chi connectivity index (χ1n) is 7.13. The minimum absolute atomic E-state index is 0.171. The SMILES string of the molecule is Cc1cc2ccccc2n1NC(=O)C1CCCCC1. The molecule has 0 spiro atoms. The van der Waals surface area contributed by atoms with Gasteiger partial charge in [-0.05, 0) is 31.9 Å². The average Bonchev–Trinajstić information content (AvgIpc) is 2.76. The van der Waals surface area contributed by atoms with Gasteiger partial charge in [-0.25, -0.2) is 0 Å². The number of carbonyl (C=O) groups excluding carboxylic acids is 1. The fourth-order valence-electron chi connectivity index (χ4n) is 3.01. The average molecular weight is 256 g/mol. The molecule has 19 heavy (non-hydrogen) atoms. The Balaban J connectivity index is 1.84. The van der Waals surface area contributed by atoms with Crippen molar-refractivity contribution in [1.82, 2.24) is 4.68 Å². The van der Waals surface area contributed by atoms with E-state index in [1.54, 1.807) is 0 Å². The number of hydrogen-bond acceptors (Lipinski definition) is 1. The molecule has 0 saturated heterocycles.